The Balaban J connectivity index is 0.000000118. The summed E-state index contributed by atoms with van der Waals surface area (Å²) in [6.45, 7) is 0. The van der Waals surface area contributed by atoms with Gasteiger partial charge in [0.2, 0.25) is 0 Å². The first-order valence-electron chi connectivity index (χ1n) is 12.0. The molecular weight excluding hydrogens is 408 g/mol. The number of fused-ring (bicyclic) bond motifs is 8. The summed E-state index contributed by atoms with van der Waals surface area (Å²) >= 11 is 0. The number of hydrogen-bond donors (Lipinski definition) is 0. The molecule has 0 fully saturated rings. The van der Waals surface area contributed by atoms with Crippen LogP contribution in [0.3, 0.4) is 0 Å². The summed E-state index contributed by atoms with van der Waals surface area (Å²) in [7, 11) is 0. The average Bonchev–Trinajstić information content (AvgIpc) is 3.43. The predicted octanol–water partition coefficient (Wildman–Crippen LogP) is 8.82. The van der Waals surface area contributed by atoms with E-state index in [1.807, 2.05) is 0 Å². The summed E-state index contributed by atoms with van der Waals surface area (Å²) in [5.41, 5.74) is 11.5. The zero-order valence-electron chi connectivity index (χ0n) is 19.0. The quantitative estimate of drug-likeness (QED) is 0.224. The largest absolute Gasteiger partial charge is 0.0619 e. The van der Waals surface area contributed by atoms with E-state index in [1.165, 1.54) is 66.1 Å². The van der Waals surface area contributed by atoms with Gasteiger partial charge in [0.05, 0.1) is 0 Å². The van der Waals surface area contributed by atoms with Crippen LogP contribution in [-0.2, 0) is 12.8 Å². The fourth-order valence-corrected chi connectivity index (χ4v) is 5.65. The Kier molecular flexibility index (Phi) is 4.38. The van der Waals surface area contributed by atoms with E-state index < -0.39 is 0 Å². The van der Waals surface area contributed by atoms with E-state index >= 15 is 0 Å². The first kappa shape index (κ1) is 19.3. The van der Waals surface area contributed by atoms with Gasteiger partial charge in [-0.15, -0.1) is 0 Å². The van der Waals surface area contributed by atoms with Gasteiger partial charge in [-0.1, -0.05) is 109 Å². The van der Waals surface area contributed by atoms with Crippen LogP contribution in [0.1, 0.15) is 22.3 Å². The molecule has 6 aromatic carbocycles. The fraction of sp³-hybridized carbons (Fsp3) is 0.0588. The number of hydrogen-bond acceptors (Lipinski definition) is 0. The molecule has 34 heavy (non-hydrogen) atoms. The van der Waals surface area contributed by atoms with Crippen LogP contribution in [0.15, 0.2) is 121 Å². The minimum absolute atomic E-state index is 1.08. The molecule has 0 aromatic heterocycles. The van der Waals surface area contributed by atoms with Crippen molar-refractivity contribution in [3.05, 3.63) is 144 Å². The highest BCUT2D eigenvalue weighted by Gasteiger charge is 2.19. The summed E-state index contributed by atoms with van der Waals surface area (Å²) in [4.78, 5) is 0. The van der Waals surface area contributed by atoms with Crippen molar-refractivity contribution < 1.29 is 0 Å². The SMILES string of the molecule is c1ccc2c(c1)Cc1cc3ccccc3cc1-2.c1ccc2c(c1)Cc1cc3ccccc3cc1-2. The third kappa shape index (κ3) is 3.15. The van der Waals surface area contributed by atoms with Crippen LogP contribution in [0.25, 0.3) is 43.8 Å². The summed E-state index contributed by atoms with van der Waals surface area (Å²) in [5.74, 6) is 0. The van der Waals surface area contributed by atoms with Crippen LogP contribution in [-0.4, -0.2) is 0 Å². The van der Waals surface area contributed by atoms with E-state index in [9.17, 15) is 0 Å². The lowest BCUT2D eigenvalue weighted by Crippen LogP contribution is -1.81. The van der Waals surface area contributed by atoms with Crippen molar-refractivity contribution in [2.75, 3.05) is 0 Å². The Labute approximate surface area is 200 Å². The second kappa shape index (κ2) is 7.71. The van der Waals surface area contributed by atoms with E-state index in [1.54, 1.807) is 0 Å². The predicted molar refractivity (Wildman–Crippen MR) is 144 cm³/mol. The Hall–Kier alpha value is -4.16. The first-order valence-corrected chi connectivity index (χ1v) is 12.0. The van der Waals surface area contributed by atoms with Gasteiger partial charge in [0.15, 0.2) is 0 Å². The summed E-state index contributed by atoms with van der Waals surface area (Å²) in [6, 6.07) is 44.0. The van der Waals surface area contributed by atoms with E-state index in [0.717, 1.165) is 12.8 Å². The summed E-state index contributed by atoms with van der Waals surface area (Å²) in [6.07, 6.45) is 2.16. The van der Waals surface area contributed by atoms with E-state index in [0.29, 0.717) is 0 Å². The molecule has 0 heteroatoms. The first-order chi connectivity index (χ1) is 16.8. The zero-order chi connectivity index (χ0) is 22.5. The minimum Gasteiger partial charge on any atom is -0.0619 e. The molecule has 0 saturated carbocycles. The lowest BCUT2D eigenvalue weighted by atomic mass is 10.0. The smallest absolute Gasteiger partial charge is 0.00132 e. The highest BCUT2D eigenvalue weighted by atomic mass is 14.2. The van der Waals surface area contributed by atoms with Crippen molar-refractivity contribution in [2.24, 2.45) is 0 Å². The van der Waals surface area contributed by atoms with Gasteiger partial charge in [0, 0.05) is 0 Å². The molecular formula is C34H24. The molecule has 2 aliphatic carbocycles. The van der Waals surface area contributed by atoms with Gasteiger partial charge < -0.3 is 0 Å². The molecule has 0 unspecified atom stereocenters. The lowest BCUT2D eigenvalue weighted by molar-refractivity contribution is 1.27. The van der Waals surface area contributed by atoms with Gasteiger partial charge in [-0.05, 0) is 91.0 Å². The minimum atomic E-state index is 1.08. The molecule has 8 rings (SSSR count). The molecule has 0 amide bonds. The molecule has 160 valence electrons. The van der Waals surface area contributed by atoms with Gasteiger partial charge in [-0.3, -0.25) is 0 Å². The third-order valence-electron chi connectivity index (χ3n) is 7.32. The monoisotopic (exact) mass is 432 g/mol. The summed E-state index contributed by atoms with van der Waals surface area (Å²) in [5, 5.41) is 5.36. The number of rotatable bonds is 0. The van der Waals surface area contributed by atoms with Gasteiger partial charge >= 0.3 is 0 Å². The van der Waals surface area contributed by atoms with Crippen LogP contribution in [0.4, 0.5) is 0 Å². The van der Waals surface area contributed by atoms with Crippen molar-refractivity contribution in [2.45, 2.75) is 12.8 Å². The van der Waals surface area contributed by atoms with Crippen molar-refractivity contribution in [3.63, 3.8) is 0 Å². The fourth-order valence-electron chi connectivity index (χ4n) is 5.65. The van der Waals surface area contributed by atoms with Crippen molar-refractivity contribution in [1.29, 1.82) is 0 Å². The maximum Gasteiger partial charge on any atom is -0.00132 e. The summed E-state index contributed by atoms with van der Waals surface area (Å²) < 4.78 is 0. The van der Waals surface area contributed by atoms with E-state index in [4.69, 9.17) is 0 Å². The molecule has 0 bridgehead atoms. The van der Waals surface area contributed by atoms with Crippen LogP contribution < -0.4 is 0 Å². The van der Waals surface area contributed by atoms with Crippen LogP contribution >= 0.6 is 0 Å². The molecule has 0 aliphatic heterocycles. The second-order valence-electron chi connectivity index (χ2n) is 9.38. The maximum atomic E-state index is 2.34. The van der Waals surface area contributed by atoms with Crippen LogP contribution in [0, 0.1) is 0 Å². The van der Waals surface area contributed by atoms with Crippen molar-refractivity contribution in [1.82, 2.24) is 0 Å². The molecule has 0 saturated heterocycles. The molecule has 0 radical (unpaired) electrons. The second-order valence-corrected chi connectivity index (χ2v) is 9.38. The van der Waals surface area contributed by atoms with E-state index in [-0.39, 0.29) is 0 Å². The van der Waals surface area contributed by atoms with Crippen molar-refractivity contribution in [3.8, 4) is 22.3 Å². The number of benzene rings is 6. The van der Waals surface area contributed by atoms with Crippen LogP contribution in [0.5, 0.6) is 0 Å². The molecule has 6 aromatic rings. The van der Waals surface area contributed by atoms with Gasteiger partial charge in [0.25, 0.3) is 0 Å². The Morgan fingerprint density at radius 1 is 0.294 bits per heavy atom. The normalized spacial score (nSPS) is 12.5. The lowest BCUT2D eigenvalue weighted by Gasteiger charge is -2.03. The molecule has 0 heterocycles. The highest BCUT2D eigenvalue weighted by molar-refractivity contribution is 5.92. The van der Waals surface area contributed by atoms with Gasteiger partial charge in [0.1, 0.15) is 0 Å². The highest BCUT2D eigenvalue weighted by Crippen LogP contribution is 2.39. The Bertz CT molecular complexity index is 1570. The van der Waals surface area contributed by atoms with Crippen LogP contribution in [0.2, 0.25) is 0 Å². The zero-order valence-corrected chi connectivity index (χ0v) is 19.0. The molecule has 0 N–H and O–H groups in total. The Morgan fingerprint density at radius 2 is 0.647 bits per heavy atom. The standard InChI is InChI=1S/2C17H12/c2*1-2-6-13-11-17-15(9-12(13)5-1)10-14-7-3-4-8-16(14)17/h2*1-9,11H,10H2. The maximum absolute atomic E-state index is 2.34. The van der Waals surface area contributed by atoms with Gasteiger partial charge in [-0.2, -0.15) is 0 Å². The van der Waals surface area contributed by atoms with E-state index in [2.05, 4.69) is 121 Å². The topological polar surface area (TPSA) is 0 Å². The third-order valence-corrected chi connectivity index (χ3v) is 7.32. The molecule has 0 nitrogen and oxygen atoms in total. The molecule has 2 aliphatic rings. The van der Waals surface area contributed by atoms with Crippen molar-refractivity contribution >= 4 is 21.5 Å². The molecule has 0 atom stereocenters. The average molecular weight is 433 g/mol. The Morgan fingerprint density at radius 3 is 1.09 bits per heavy atom. The van der Waals surface area contributed by atoms with Gasteiger partial charge in [-0.25, -0.2) is 0 Å². The molecule has 0 spiro atoms.